The summed E-state index contributed by atoms with van der Waals surface area (Å²) in [5.74, 6) is -0.775. The minimum Gasteiger partial charge on any atom is -0.335 e. The summed E-state index contributed by atoms with van der Waals surface area (Å²) in [6.45, 7) is 12.6. The molecule has 0 rings (SSSR count). The highest BCUT2D eigenvalue weighted by atomic mass is 16.5. The Hall–Kier alpha value is -1.76. The molecule has 444 valence electrons. The molecule has 0 radical (unpaired) electrons. The number of carbonyl (C=O) groups is 4. The summed E-state index contributed by atoms with van der Waals surface area (Å²) in [5.41, 5.74) is 0. The third-order valence-corrected chi connectivity index (χ3v) is 16.2. The van der Waals surface area contributed by atoms with Crippen LogP contribution in [0.15, 0.2) is 0 Å². The Morgan fingerprint density at radius 1 is 0.227 bits per heavy atom. The summed E-state index contributed by atoms with van der Waals surface area (Å²) < 4.78 is 6.50. The fourth-order valence-corrected chi connectivity index (χ4v) is 11.2. The topological polar surface area (TPSA) is 84.0 Å². The SMILES string of the molecule is CCCCCCCCCCCCCCCC(=O)N(C(=O)CCCCCCCCCCCCCCC)C(C)OC(C)N(C(=O)CCCCCCCCCCCCCCC)C(=O)CCCCCCCCCCCCCCC. The van der Waals surface area contributed by atoms with Crippen molar-refractivity contribution in [2.24, 2.45) is 0 Å². The zero-order valence-electron chi connectivity index (χ0n) is 51.7. The quantitative estimate of drug-likeness (QED) is 0.0448. The van der Waals surface area contributed by atoms with Crippen LogP contribution in [-0.2, 0) is 23.9 Å². The summed E-state index contributed by atoms with van der Waals surface area (Å²) in [6, 6.07) is 0. The van der Waals surface area contributed by atoms with Gasteiger partial charge in [-0.1, -0.05) is 336 Å². The number of hydrogen-bond acceptors (Lipinski definition) is 5. The smallest absolute Gasteiger partial charge is 0.231 e. The lowest BCUT2D eigenvalue weighted by atomic mass is 10.0. The first kappa shape index (κ1) is 73.2. The first-order valence-corrected chi connectivity index (χ1v) is 34.1. The molecular formula is C68H132N2O5. The van der Waals surface area contributed by atoms with Gasteiger partial charge >= 0.3 is 0 Å². The Balaban J connectivity index is 5.49. The molecule has 2 atom stereocenters. The van der Waals surface area contributed by atoms with Gasteiger partial charge in [-0.25, -0.2) is 0 Å². The first-order chi connectivity index (χ1) is 36.7. The molecule has 0 bridgehead atoms. The lowest BCUT2D eigenvalue weighted by Gasteiger charge is -2.34. The molecular weight excluding hydrogens is 925 g/mol. The van der Waals surface area contributed by atoms with Gasteiger partial charge in [-0.15, -0.1) is 0 Å². The second kappa shape index (κ2) is 58.4. The normalized spacial score (nSPS) is 12.3. The molecule has 2 unspecified atom stereocenters. The van der Waals surface area contributed by atoms with E-state index in [-0.39, 0.29) is 23.6 Å². The van der Waals surface area contributed by atoms with Gasteiger partial charge in [0.1, 0.15) is 12.5 Å². The molecule has 7 heteroatoms. The summed E-state index contributed by atoms with van der Waals surface area (Å²) in [6.07, 6.45) is 63.5. The molecule has 0 saturated carbocycles. The molecule has 75 heavy (non-hydrogen) atoms. The van der Waals surface area contributed by atoms with Crippen molar-refractivity contribution in [3.05, 3.63) is 0 Å². The van der Waals surface area contributed by atoms with E-state index in [9.17, 15) is 19.2 Å². The van der Waals surface area contributed by atoms with Crippen molar-refractivity contribution in [2.75, 3.05) is 0 Å². The molecule has 0 aliphatic rings. The predicted molar refractivity (Wildman–Crippen MR) is 325 cm³/mol. The third-order valence-electron chi connectivity index (χ3n) is 16.2. The van der Waals surface area contributed by atoms with E-state index in [1.165, 1.54) is 267 Å². The van der Waals surface area contributed by atoms with Crippen molar-refractivity contribution in [1.82, 2.24) is 9.80 Å². The van der Waals surface area contributed by atoms with Crippen LogP contribution in [-0.4, -0.2) is 45.9 Å². The van der Waals surface area contributed by atoms with E-state index in [2.05, 4.69) is 27.7 Å². The average molecular weight is 1060 g/mol. The molecule has 0 spiro atoms. The van der Waals surface area contributed by atoms with Crippen LogP contribution in [0.1, 0.15) is 401 Å². The number of unbranched alkanes of at least 4 members (excludes halogenated alkanes) is 48. The Labute approximate surface area is 468 Å². The van der Waals surface area contributed by atoms with Gasteiger partial charge in [-0.3, -0.25) is 29.0 Å². The lowest BCUT2D eigenvalue weighted by molar-refractivity contribution is -0.181. The Morgan fingerprint density at radius 2 is 0.347 bits per heavy atom. The maximum Gasteiger partial charge on any atom is 0.231 e. The van der Waals surface area contributed by atoms with Crippen molar-refractivity contribution in [3.63, 3.8) is 0 Å². The van der Waals surface area contributed by atoms with Crippen molar-refractivity contribution in [2.45, 2.75) is 414 Å². The summed E-state index contributed by atoms with van der Waals surface area (Å²) >= 11 is 0. The third kappa shape index (κ3) is 47.9. The molecule has 0 aliphatic carbocycles. The predicted octanol–water partition coefficient (Wildman–Crippen LogP) is 22.3. The lowest BCUT2D eigenvalue weighted by Crippen LogP contribution is -2.51. The second-order valence-corrected chi connectivity index (χ2v) is 23.6. The van der Waals surface area contributed by atoms with Crippen LogP contribution in [0.5, 0.6) is 0 Å². The molecule has 0 aromatic carbocycles. The minimum atomic E-state index is -0.875. The number of nitrogens with zero attached hydrogens (tertiary/aromatic N) is 2. The number of rotatable bonds is 60. The molecule has 0 aromatic heterocycles. The van der Waals surface area contributed by atoms with Gasteiger partial charge in [0.25, 0.3) is 0 Å². The summed E-state index contributed by atoms with van der Waals surface area (Å²) in [5, 5.41) is 0. The standard InChI is InChI=1S/C68H132N2O5/c1-7-11-15-19-23-27-31-35-39-43-47-51-55-59-65(71)69(66(72)60-56-52-48-44-40-36-32-28-24-20-16-12-8-2)63(5)75-64(6)70(67(73)61-57-53-49-45-41-37-33-29-25-21-17-13-9-3)68(74)62-58-54-50-46-42-38-34-30-26-22-18-14-10-4/h63-64H,7-62H2,1-6H3. The highest BCUT2D eigenvalue weighted by molar-refractivity contribution is 5.96. The largest absolute Gasteiger partial charge is 0.335 e. The molecule has 0 aromatic rings. The Bertz CT molecular complexity index is 1060. The van der Waals surface area contributed by atoms with E-state index in [0.717, 1.165) is 77.0 Å². The molecule has 0 fully saturated rings. The second-order valence-electron chi connectivity index (χ2n) is 23.6. The van der Waals surface area contributed by atoms with E-state index in [1.807, 2.05) is 0 Å². The van der Waals surface area contributed by atoms with Crippen molar-refractivity contribution >= 4 is 23.6 Å². The molecule has 0 heterocycles. The van der Waals surface area contributed by atoms with Gasteiger partial charge in [-0.05, 0) is 39.5 Å². The van der Waals surface area contributed by atoms with Crippen molar-refractivity contribution in [1.29, 1.82) is 0 Å². The summed E-state index contributed by atoms with van der Waals surface area (Å²) in [4.78, 5) is 58.9. The molecule has 0 saturated heterocycles. The van der Waals surface area contributed by atoms with Gasteiger partial charge in [0.05, 0.1) is 0 Å². The Kier molecular flexibility index (Phi) is 57.0. The zero-order chi connectivity index (χ0) is 54.9. The number of imide groups is 2. The van der Waals surface area contributed by atoms with E-state index >= 15 is 0 Å². The highest BCUT2D eigenvalue weighted by Gasteiger charge is 2.33. The fraction of sp³-hybridized carbons (Fsp3) is 0.941. The highest BCUT2D eigenvalue weighted by Crippen LogP contribution is 2.22. The van der Waals surface area contributed by atoms with E-state index < -0.39 is 12.5 Å². The summed E-state index contributed by atoms with van der Waals surface area (Å²) in [7, 11) is 0. The van der Waals surface area contributed by atoms with E-state index in [1.54, 1.807) is 13.8 Å². The van der Waals surface area contributed by atoms with Gasteiger partial charge in [0.15, 0.2) is 0 Å². The monoisotopic (exact) mass is 1060 g/mol. The molecule has 0 N–H and O–H groups in total. The van der Waals surface area contributed by atoms with E-state index in [4.69, 9.17) is 4.74 Å². The van der Waals surface area contributed by atoms with Crippen molar-refractivity contribution in [3.8, 4) is 0 Å². The molecule has 7 nitrogen and oxygen atoms in total. The fourth-order valence-electron chi connectivity index (χ4n) is 11.2. The van der Waals surface area contributed by atoms with Gasteiger partial charge in [-0.2, -0.15) is 0 Å². The Morgan fingerprint density at radius 3 is 0.480 bits per heavy atom. The van der Waals surface area contributed by atoms with Crippen molar-refractivity contribution < 1.29 is 23.9 Å². The van der Waals surface area contributed by atoms with Crippen LogP contribution >= 0.6 is 0 Å². The first-order valence-electron chi connectivity index (χ1n) is 34.1. The van der Waals surface area contributed by atoms with Crippen LogP contribution < -0.4 is 0 Å². The van der Waals surface area contributed by atoms with Crippen LogP contribution in [0.4, 0.5) is 0 Å². The van der Waals surface area contributed by atoms with Gasteiger partial charge in [0.2, 0.25) is 23.6 Å². The van der Waals surface area contributed by atoms with Crippen LogP contribution in [0, 0.1) is 0 Å². The number of amides is 4. The maximum atomic E-state index is 14.1. The van der Waals surface area contributed by atoms with E-state index in [0.29, 0.717) is 25.7 Å². The minimum absolute atomic E-state index is 0.194. The zero-order valence-corrected chi connectivity index (χ0v) is 51.7. The number of carbonyl (C=O) groups excluding carboxylic acids is 4. The number of ether oxygens (including phenoxy) is 1. The number of hydrogen-bond donors (Lipinski definition) is 0. The van der Waals surface area contributed by atoms with Crippen LogP contribution in [0.2, 0.25) is 0 Å². The van der Waals surface area contributed by atoms with Crippen LogP contribution in [0.3, 0.4) is 0 Å². The van der Waals surface area contributed by atoms with Gasteiger partial charge in [0, 0.05) is 25.7 Å². The molecule has 4 amide bonds. The van der Waals surface area contributed by atoms with Crippen LogP contribution in [0.25, 0.3) is 0 Å². The average Bonchev–Trinajstić information content (AvgIpc) is 3.39. The maximum absolute atomic E-state index is 14.1. The molecule has 0 aliphatic heterocycles. The van der Waals surface area contributed by atoms with Gasteiger partial charge < -0.3 is 4.74 Å².